The number of hydrogen-bond donors (Lipinski definition) is 1. The Morgan fingerprint density at radius 1 is 1.00 bits per heavy atom. The van der Waals surface area contributed by atoms with Crippen LogP contribution >= 0.6 is 0 Å². The molecule has 29 heavy (non-hydrogen) atoms. The summed E-state index contributed by atoms with van der Waals surface area (Å²) in [5.74, 6) is -0.177. The van der Waals surface area contributed by atoms with Gasteiger partial charge in [-0.3, -0.25) is 4.79 Å². The first-order valence-electron chi connectivity index (χ1n) is 10.0. The van der Waals surface area contributed by atoms with Crippen LogP contribution in [0.3, 0.4) is 0 Å². The van der Waals surface area contributed by atoms with Gasteiger partial charge in [0.1, 0.15) is 0 Å². The van der Waals surface area contributed by atoms with Gasteiger partial charge in [-0.1, -0.05) is 51.5 Å². The third-order valence-corrected chi connectivity index (χ3v) is 6.74. The van der Waals surface area contributed by atoms with Crippen LogP contribution in [0.1, 0.15) is 67.6 Å². The minimum absolute atomic E-state index is 0.0668. The molecule has 0 saturated carbocycles. The van der Waals surface area contributed by atoms with Crippen LogP contribution < -0.4 is 5.32 Å². The molecule has 1 atom stereocenters. The van der Waals surface area contributed by atoms with E-state index in [4.69, 9.17) is 0 Å². The molecule has 6 heteroatoms. The van der Waals surface area contributed by atoms with E-state index < -0.39 is 10.0 Å². The normalized spacial score (nSPS) is 18.4. The summed E-state index contributed by atoms with van der Waals surface area (Å²) >= 11 is 0. The number of hydrogen-bond acceptors (Lipinski definition) is 3. The van der Waals surface area contributed by atoms with Crippen molar-refractivity contribution >= 4 is 21.6 Å². The summed E-state index contributed by atoms with van der Waals surface area (Å²) in [7, 11) is -3.25. The molecule has 1 amide bonds. The Labute approximate surface area is 174 Å². The molecule has 1 aliphatic rings. The number of nitrogens with zero attached hydrogens (tertiary/aromatic N) is 1. The van der Waals surface area contributed by atoms with E-state index in [-0.39, 0.29) is 17.4 Å². The van der Waals surface area contributed by atoms with E-state index in [2.05, 4.69) is 26.1 Å². The molecule has 5 nitrogen and oxygen atoms in total. The Kier molecular flexibility index (Phi) is 6.15. The molecule has 3 rings (SSSR count). The Hall–Kier alpha value is -2.18. The van der Waals surface area contributed by atoms with Crippen LogP contribution in [-0.2, 0) is 15.4 Å². The van der Waals surface area contributed by atoms with Crippen molar-refractivity contribution in [1.82, 2.24) is 4.31 Å². The van der Waals surface area contributed by atoms with Gasteiger partial charge in [-0.05, 0) is 53.6 Å². The maximum Gasteiger partial charge on any atom is 0.255 e. The monoisotopic (exact) mass is 414 g/mol. The quantitative estimate of drug-likeness (QED) is 0.787. The number of carbonyl (C=O) groups excluding carboxylic acids is 1. The highest BCUT2D eigenvalue weighted by molar-refractivity contribution is 7.88. The number of nitrogens with one attached hydrogen (secondary N) is 1. The average Bonchev–Trinajstić information content (AvgIpc) is 2.67. The molecular weight excluding hydrogens is 384 g/mol. The van der Waals surface area contributed by atoms with Crippen LogP contribution in [0.5, 0.6) is 0 Å². The van der Waals surface area contributed by atoms with E-state index in [1.54, 1.807) is 16.4 Å². The predicted octanol–water partition coefficient (Wildman–Crippen LogP) is 4.72. The van der Waals surface area contributed by atoms with E-state index in [9.17, 15) is 13.2 Å². The zero-order valence-electron chi connectivity index (χ0n) is 17.6. The van der Waals surface area contributed by atoms with Gasteiger partial charge in [0.2, 0.25) is 10.0 Å². The fourth-order valence-corrected chi connectivity index (χ4v) is 4.90. The lowest BCUT2D eigenvalue weighted by molar-refractivity contribution is 0.102. The lowest BCUT2D eigenvalue weighted by atomic mass is 9.87. The van der Waals surface area contributed by atoms with Crippen molar-refractivity contribution in [3.63, 3.8) is 0 Å². The Morgan fingerprint density at radius 3 is 2.17 bits per heavy atom. The second kappa shape index (κ2) is 8.28. The van der Waals surface area contributed by atoms with Gasteiger partial charge in [0, 0.05) is 23.8 Å². The molecule has 1 unspecified atom stereocenters. The van der Waals surface area contributed by atoms with E-state index in [1.807, 2.05) is 36.4 Å². The largest absolute Gasteiger partial charge is 0.322 e. The Morgan fingerprint density at radius 2 is 1.62 bits per heavy atom. The summed E-state index contributed by atoms with van der Waals surface area (Å²) in [5.41, 5.74) is 3.51. The smallest absolute Gasteiger partial charge is 0.255 e. The molecule has 1 fully saturated rings. The summed E-state index contributed by atoms with van der Waals surface area (Å²) < 4.78 is 25.8. The highest BCUT2D eigenvalue weighted by Gasteiger charge is 2.30. The van der Waals surface area contributed by atoms with Crippen LogP contribution in [0.15, 0.2) is 48.5 Å². The van der Waals surface area contributed by atoms with Gasteiger partial charge in [0.25, 0.3) is 5.91 Å². The zero-order chi connectivity index (χ0) is 21.2. The number of carbonyl (C=O) groups is 1. The van der Waals surface area contributed by atoms with Crippen molar-refractivity contribution in [3.8, 4) is 0 Å². The standard InChI is InChI=1S/C23H30N2O3S/c1-23(2,3)19-12-14-20(15-13-19)24-22(26)18-10-8-17(9-11-18)21-7-5-6-16-25(21)29(4,27)28/h8-15,21H,5-7,16H2,1-4H3,(H,24,26). The molecule has 2 aromatic carbocycles. The van der Waals surface area contributed by atoms with E-state index in [0.29, 0.717) is 12.1 Å². The molecular formula is C23H30N2O3S. The number of anilines is 1. The van der Waals surface area contributed by atoms with Crippen LogP contribution in [0.25, 0.3) is 0 Å². The zero-order valence-corrected chi connectivity index (χ0v) is 18.4. The topological polar surface area (TPSA) is 66.5 Å². The number of sulfonamides is 1. The highest BCUT2D eigenvalue weighted by atomic mass is 32.2. The third kappa shape index (κ3) is 5.25. The van der Waals surface area contributed by atoms with Crippen LogP contribution in [-0.4, -0.2) is 31.4 Å². The Balaban J connectivity index is 1.72. The molecule has 1 saturated heterocycles. The first-order chi connectivity index (χ1) is 13.6. The van der Waals surface area contributed by atoms with Crippen molar-refractivity contribution in [2.45, 2.75) is 51.5 Å². The maximum atomic E-state index is 12.6. The molecule has 0 spiro atoms. The molecule has 0 bridgehead atoms. The van der Waals surface area contributed by atoms with Gasteiger partial charge < -0.3 is 5.32 Å². The van der Waals surface area contributed by atoms with Gasteiger partial charge in [-0.2, -0.15) is 4.31 Å². The van der Waals surface area contributed by atoms with Crippen molar-refractivity contribution in [2.75, 3.05) is 18.1 Å². The van der Waals surface area contributed by atoms with Crippen molar-refractivity contribution in [3.05, 3.63) is 65.2 Å². The van der Waals surface area contributed by atoms with Crippen LogP contribution in [0.4, 0.5) is 5.69 Å². The second-order valence-corrected chi connectivity index (χ2v) is 10.7. The molecule has 1 N–H and O–H groups in total. The molecule has 0 aromatic heterocycles. The summed E-state index contributed by atoms with van der Waals surface area (Å²) in [6.07, 6.45) is 3.96. The van der Waals surface area contributed by atoms with Crippen LogP contribution in [0.2, 0.25) is 0 Å². The van der Waals surface area contributed by atoms with Crippen molar-refractivity contribution in [1.29, 1.82) is 0 Å². The second-order valence-electron chi connectivity index (χ2n) is 8.79. The van der Waals surface area contributed by atoms with Gasteiger partial charge in [0.15, 0.2) is 0 Å². The number of amides is 1. The van der Waals surface area contributed by atoms with Gasteiger partial charge in [-0.15, -0.1) is 0 Å². The Bertz CT molecular complexity index is 959. The van der Waals surface area contributed by atoms with Crippen LogP contribution in [0, 0.1) is 0 Å². The average molecular weight is 415 g/mol. The number of benzene rings is 2. The molecule has 156 valence electrons. The first kappa shape index (κ1) is 21.5. The minimum Gasteiger partial charge on any atom is -0.322 e. The molecule has 0 aliphatic carbocycles. The van der Waals surface area contributed by atoms with E-state index >= 15 is 0 Å². The molecule has 2 aromatic rings. The van der Waals surface area contributed by atoms with E-state index in [0.717, 1.165) is 30.5 Å². The van der Waals surface area contributed by atoms with Crippen molar-refractivity contribution in [2.24, 2.45) is 0 Å². The maximum absolute atomic E-state index is 12.6. The minimum atomic E-state index is -3.25. The van der Waals surface area contributed by atoms with Crippen molar-refractivity contribution < 1.29 is 13.2 Å². The molecule has 1 heterocycles. The van der Waals surface area contributed by atoms with Gasteiger partial charge in [0.05, 0.1) is 6.26 Å². The third-order valence-electron chi connectivity index (χ3n) is 5.45. The highest BCUT2D eigenvalue weighted by Crippen LogP contribution is 2.33. The number of rotatable bonds is 4. The summed E-state index contributed by atoms with van der Waals surface area (Å²) in [6, 6.07) is 15.0. The fourth-order valence-electron chi connectivity index (χ4n) is 3.75. The lowest BCUT2D eigenvalue weighted by Crippen LogP contribution is -2.37. The SMILES string of the molecule is CC(C)(C)c1ccc(NC(=O)c2ccc(C3CCCCN3S(C)(=O)=O)cc2)cc1. The summed E-state index contributed by atoms with van der Waals surface area (Å²) in [6.45, 7) is 7.01. The fraction of sp³-hybridized carbons (Fsp3) is 0.435. The molecule has 1 aliphatic heterocycles. The first-order valence-corrected chi connectivity index (χ1v) is 11.9. The summed E-state index contributed by atoms with van der Waals surface area (Å²) in [5, 5.41) is 2.92. The summed E-state index contributed by atoms with van der Waals surface area (Å²) in [4.78, 5) is 12.6. The number of piperidine rings is 1. The van der Waals surface area contributed by atoms with Gasteiger partial charge in [-0.25, -0.2) is 8.42 Å². The molecule has 0 radical (unpaired) electrons. The van der Waals surface area contributed by atoms with E-state index in [1.165, 1.54) is 11.8 Å². The lowest BCUT2D eigenvalue weighted by Gasteiger charge is -2.34. The van der Waals surface area contributed by atoms with Gasteiger partial charge >= 0.3 is 0 Å². The predicted molar refractivity (Wildman–Crippen MR) is 118 cm³/mol.